The van der Waals surface area contributed by atoms with Crippen LogP contribution in [0.25, 0.3) is 58.9 Å². The quantitative estimate of drug-likeness (QED) is 0.236. The number of nitrogens with zero attached hydrogens (tertiary/aromatic N) is 2. The molecule has 3 heteroatoms. The second-order valence-corrected chi connectivity index (χ2v) is 11.1. The fourth-order valence-corrected chi connectivity index (χ4v) is 7.34. The minimum Gasteiger partial charge on any atom is -0.307 e. The number of fused-ring (bicyclic) bond motifs is 10. The Balaban J connectivity index is 1.53. The molecule has 166 valence electrons. The third kappa shape index (κ3) is 2.41. The van der Waals surface area contributed by atoms with Crippen molar-refractivity contribution in [1.82, 2.24) is 9.55 Å². The number of benzene rings is 4. The van der Waals surface area contributed by atoms with E-state index in [-0.39, 0.29) is 5.41 Å². The molecule has 0 aliphatic heterocycles. The van der Waals surface area contributed by atoms with Crippen LogP contribution in [-0.2, 0) is 5.41 Å². The maximum atomic E-state index is 4.84. The summed E-state index contributed by atoms with van der Waals surface area (Å²) in [5, 5.41) is 3.85. The Morgan fingerprint density at radius 2 is 1.54 bits per heavy atom. The number of pyridine rings is 1. The van der Waals surface area contributed by atoms with E-state index in [0.29, 0.717) is 0 Å². The van der Waals surface area contributed by atoms with Gasteiger partial charge in [0.25, 0.3) is 0 Å². The van der Waals surface area contributed by atoms with Crippen molar-refractivity contribution < 1.29 is 0 Å². The van der Waals surface area contributed by atoms with Gasteiger partial charge in [0.05, 0.1) is 16.6 Å². The van der Waals surface area contributed by atoms with Crippen molar-refractivity contribution in [2.24, 2.45) is 0 Å². The third-order valence-corrected chi connectivity index (χ3v) is 8.98. The Morgan fingerprint density at radius 1 is 0.714 bits per heavy atom. The predicted molar refractivity (Wildman–Crippen MR) is 149 cm³/mol. The lowest BCUT2D eigenvalue weighted by Crippen LogP contribution is -2.15. The molecule has 1 aliphatic rings. The summed E-state index contributed by atoms with van der Waals surface area (Å²) in [6, 6.07) is 33.4. The number of hydrogen-bond acceptors (Lipinski definition) is 2. The van der Waals surface area contributed by atoms with Gasteiger partial charge in [-0.25, -0.2) is 0 Å². The molecule has 0 spiro atoms. The third-order valence-electron chi connectivity index (χ3n) is 7.85. The molecule has 3 aromatic heterocycles. The number of aromatic nitrogens is 2. The van der Waals surface area contributed by atoms with Gasteiger partial charge in [0, 0.05) is 42.9 Å². The first-order valence-electron chi connectivity index (χ1n) is 12.1. The van der Waals surface area contributed by atoms with E-state index in [1.54, 1.807) is 0 Å². The Bertz CT molecular complexity index is 1990. The first-order valence-corrected chi connectivity index (χ1v) is 12.9. The molecule has 0 radical (unpaired) electrons. The van der Waals surface area contributed by atoms with Gasteiger partial charge in [-0.3, -0.25) is 4.98 Å². The second kappa shape index (κ2) is 6.59. The molecule has 0 saturated heterocycles. The minimum absolute atomic E-state index is 0.0383. The van der Waals surface area contributed by atoms with Crippen LogP contribution in [-0.4, -0.2) is 9.55 Å². The van der Waals surface area contributed by atoms with Crippen molar-refractivity contribution in [1.29, 1.82) is 0 Å². The van der Waals surface area contributed by atoms with Crippen LogP contribution in [0.5, 0.6) is 0 Å². The van der Waals surface area contributed by atoms with E-state index in [1.807, 2.05) is 23.6 Å². The zero-order valence-corrected chi connectivity index (χ0v) is 20.4. The van der Waals surface area contributed by atoms with Crippen LogP contribution in [0.3, 0.4) is 0 Å². The highest BCUT2D eigenvalue weighted by molar-refractivity contribution is 7.26. The topological polar surface area (TPSA) is 17.8 Å². The highest BCUT2D eigenvalue weighted by Crippen LogP contribution is 2.50. The molecular formula is C32H22N2S. The van der Waals surface area contributed by atoms with E-state index in [4.69, 9.17) is 4.98 Å². The molecule has 0 unspecified atom stereocenters. The normalized spacial score (nSPS) is 14.2. The average molecular weight is 467 g/mol. The molecule has 4 aromatic carbocycles. The van der Waals surface area contributed by atoms with Gasteiger partial charge in [0.2, 0.25) is 0 Å². The van der Waals surface area contributed by atoms with Crippen LogP contribution >= 0.6 is 11.3 Å². The molecule has 7 aromatic rings. The molecule has 1 aliphatic carbocycles. The Labute approximate surface area is 207 Å². The Kier molecular flexibility index (Phi) is 3.64. The molecule has 0 fully saturated rings. The van der Waals surface area contributed by atoms with Gasteiger partial charge in [0.1, 0.15) is 0 Å². The van der Waals surface area contributed by atoms with Gasteiger partial charge in [-0.1, -0.05) is 62.4 Å². The van der Waals surface area contributed by atoms with E-state index in [2.05, 4.69) is 103 Å². The summed E-state index contributed by atoms with van der Waals surface area (Å²) in [7, 11) is 0. The lowest BCUT2D eigenvalue weighted by Gasteiger charge is -2.22. The average Bonchev–Trinajstić information content (AvgIpc) is 3.50. The van der Waals surface area contributed by atoms with Gasteiger partial charge < -0.3 is 4.57 Å². The number of hydrogen-bond donors (Lipinski definition) is 0. The van der Waals surface area contributed by atoms with Crippen molar-refractivity contribution in [2.75, 3.05) is 0 Å². The molecule has 35 heavy (non-hydrogen) atoms. The lowest BCUT2D eigenvalue weighted by atomic mass is 9.82. The predicted octanol–water partition coefficient (Wildman–Crippen LogP) is 8.85. The summed E-state index contributed by atoms with van der Waals surface area (Å²) in [6.07, 6.45) is 1.91. The van der Waals surface area contributed by atoms with E-state index in [0.717, 1.165) is 11.0 Å². The van der Waals surface area contributed by atoms with Crippen LogP contribution in [0.4, 0.5) is 0 Å². The van der Waals surface area contributed by atoms with E-state index in [1.165, 1.54) is 59.0 Å². The summed E-state index contributed by atoms with van der Waals surface area (Å²) >= 11 is 1.87. The molecule has 0 atom stereocenters. The van der Waals surface area contributed by atoms with Crippen molar-refractivity contribution in [3.8, 4) is 16.8 Å². The van der Waals surface area contributed by atoms with Crippen molar-refractivity contribution in [3.05, 3.63) is 108 Å². The number of rotatable bonds is 1. The van der Waals surface area contributed by atoms with E-state index >= 15 is 0 Å². The highest BCUT2D eigenvalue weighted by atomic mass is 32.1. The molecule has 0 N–H and O–H groups in total. The molecule has 0 saturated carbocycles. The van der Waals surface area contributed by atoms with Crippen LogP contribution < -0.4 is 0 Å². The van der Waals surface area contributed by atoms with Gasteiger partial charge in [-0.2, -0.15) is 0 Å². The zero-order chi connectivity index (χ0) is 23.3. The smallest absolute Gasteiger partial charge is 0.0963 e. The Hall–Kier alpha value is -3.95. The first kappa shape index (κ1) is 19.4. The standard InChI is InChI=1S/C32H22N2S/c1-32(2)24-10-5-3-8-20(24)21-14-13-19(18-25(21)32)34-26-11-7-17-33-30(26)23-15-16-28-29(31(23)34)22-9-4-6-12-27(22)35-28/h3-18H,1-2H3. The van der Waals surface area contributed by atoms with Crippen LogP contribution in [0, 0.1) is 0 Å². The van der Waals surface area contributed by atoms with E-state index in [9.17, 15) is 0 Å². The van der Waals surface area contributed by atoms with Crippen molar-refractivity contribution >= 4 is 53.4 Å². The molecular weight excluding hydrogens is 444 g/mol. The summed E-state index contributed by atoms with van der Waals surface area (Å²) < 4.78 is 5.08. The van der Waals surface area contributed by atoms with Crippen molar-refractivity contribution in [2.45, 2.75) is 19.3 Å². The lowest BCUT2D eigenvalue weighted by molar-refractivity contribution is 0.660. The maximum Gasteiger partial charge on any atom is 0.0963 e. The van der Waals surface area contributed by atoms with Crippen LogP contribution in [0.2, 0.25) is 0 Å². The van der Waals surface area contributed by atoms with Crippen molar-refractivity contribution in [3.63, 3.8) is 0 Å². The zero-order valence-electron chi connectivity index (χ0n) is 19.5. The molecule has 2 nitrogen and oxygen atoms in total. The fourth-order valence-electron chi connectivity index (χ4n) is 6.23. The van der Waals surface area contributed by atoms with Gasteiger partial charge in [-0.05, 0) is 64.7 Å². The summed E-state index contributed by atoms with van der Waals surface area (Å²) in [5.41, 5.74) is 10.1. The molecule has 3 heterocycles. The minimum atomic E-state index is -0.0383. The highest BCUT2D eigenvalue weighted by Gasteiger charge is 2.35. The van der Waals surface area contributed by atoms with Gasteiger partial charge in [-0.15, -0.1) is 11.3 Å². The second-order valence-electron chi connectivity index (χ2n) is 10.0. The SMILES string of the molecule is CC1(C)c2ccccc2-c2ccc(-n3c4cccnc4c4ccc5sc6ccccc6c5c43)cc21. The molecule has 0 bridgehead atoms. The maximum absolute atomic E-state index is 4.84. The largest absolute Gasteiger partial charge is 0.307 e. The van der Waals surface area contributed by atoms with Crippen LogP contribution in [0.15, 0.2) is 97.2 Å². The van der Waals surface area contributed by atoms with E-state index < -0.39 is 0 Å². The molecule has 0 amide bonds. The Morgan fingerprint density at radius 3 is 2.49 bits per heavy atom. The molecule has 8 rings (SSSR count). The fraction of sp³-hybridized carbons (Fsp3) is 0.0938. The van der Waals surface area contributed by atoms with Crippen LogP contribution in [0.1, 0.15) is 25.0 Å². The summed E-state index contributed by atoms with van der Waals surface area (Å²) in [4.78, 5) is 4.84. The summed E-state index contributed by atoms with van der Waals surface area (Å²) in [6.45, 7) is 4.69. The van der Waals surface area contributed by atoms with Gasteiger partial charge in [0.15, 0.2) is 0 Å². The van der Waals surface area contributed by atoms with Gasteiger partial charge >= 0.3 is 0 Å². The first-order chi connectivity index (χ1) is 17.1. The summed E-state index contributed by atoms with van der Waals surface area (Å²) in [5.74, 6) is 0. The number of thiophene rings is 1. The monoisotopic (exact) mass is 466 g/mol.